The minimum Gasteiger partial charge on any atom is -0.497 e. The van der Waals surface area contributed by atoms with E-state index in [1.165, 1.54) is 0 Å². The van der Waals surface area contributed by atoms with E-state index in [4.69, 9.17) is 14.2 Å². The highest BCUT2D eigenvalue weighted by atomic mass is 16.5. The molecule has 0 saturated carbocycles. The first kappa shape index (κ1) is 17.9. The molecular formula is C21H21N3O4. The number of ether oxygens (including phenoxy) is 3. The summed E-state index contributed by atoms with van der Waals surface area (Å²) in [5, 5.41) is 7.36. The van der Waals surface area contributed by atoms with E-state index < -0.39 is 0 Å². The van der Waals surface area contributed by atoms with Crippen LogP contribution >= 0.6 is 0 Å². The Hall–Kier alpha value is -3.48. The molecule has 1 aliphatic rings. The third-order valence-corrected chi connectivity index (χ3v) is 5.07. The molecule has 1 amide bonds. The van der Waals surface area contributed by atoms with E-state index in [9.17, 15) is 4.79 Å². The average Bonchev–Trinajstić information content (AvgIpc) is 3.27. The molecule has 4 rings (SSSR count). The van der Waals surface area contributed by atoms with Gasteiger partial charge in [-0.1, -0.05) is 12.1 Å². The van der Waals surface area contributed by atoms with Gasteiger partial charge in [-0.25, -0.2) is 0 Å². The molecule has 2 heterocycles. The fourth-order valence-corrected chi connectivity index (χ4v) is 3.67. The number of methoxy groups -OCH3 is 3. The summed E-state index contributed by atoms with van der Waals surface area (Å²) in [6.45, 7) is 0. The monoisotopic (exact) mass is 379 g/mol. The Morgan fingerprint density at radius 2 is 1.75 bits per heavy atom. The quantitative estimate of drug-likeness (QED) is 0.736. The van der Waals surface area contributed by atoms with Gasteiger partial charge in [0, 0.05) is 23.7 Å². The molecule has 0 unspecified atom stereocenters. The number of benzene rings is 2. The molecule has 3 aromatic rings. The topological polar surface area (TPSA) is 76.7 Å². The van der Waals surface area contributed by atoms with Gasteiger partial charge in [-0.3, -0.25) is 9.89 Å². The lowest BCUT2D eigenvalue weighted by molar-refractivity contribution is 0.0786. The van der Waals surface area contributed by atoms with Crippen LogP contribution in [0.5, 0.6) is 17.2 Å². The molecule has 0 saturated heterocycles. The van der Waals surface area contributed by atoms with Gasteiger partial charge >= 0.3 is 0 Å². The number of nitrogens with one attached hydrogen (secondary N) is 1. The average molecular weight is 379 g/mol. The highest BCUT2D eigenvalue weighted by Gasteiger charge is 2.41. The second kappa shape index (κ2) is 6.92. The van der Waals surface area contributed by atoms with Crippen molar-refractivity contribution in [1.29, 1.82) is 0 Å². The normalized spacial score (nSPS) is 15.5. The van der Waals surface area contributed by atoms with Crippen LogP contribution in [0.25, 0.3) is 11.3 Å². The molecule has 7 nitrogen and oxygen atoms in total. The number of aromatic amines is 1. The number of fused-ring (bicyclic) bond motifs is 1. The van der Waals surface area contributed by atoms with Crippen LogP contribution < -0.4 is 14.2 Å². The predicted octanol–water partition coefficient (Wildman–Crippen LogP) is 3.28. The van der Waals surface area contributed by atoms with Gasteiger partial charge in [-0.2, -0.15) is 5.10 Å². The number of H-pyrrole nitrogens is 1. The van der Waals surface area contributed by atoms with E-state index in [2.05, 4.69) is 10.2 Å². The summed E-state index contributed by atoms with van der Waals surface area (Å²) < 4.78 is 16.3. The molecule has 1 N–H and O–H groups in total. The predicted molar refractivity (Wildman–Crippen MR) is 104 cm³/mol. The van der Waals surface area contributed by atoms with Crippen molar-refractivity contribution in [3.8, 4) is 28.5 Å². The zero-order chi connectivity index (χ0) is 19.8. The largest absolute Gasteiger partial charge is 0.497 e. The summed E-state index contributed by atoms with van der Waals surface area (Å²) in [6, 6.07) is 12.8. The highest BCUT2D eigenvalue weighted by molar-refractivity contribution is 6.00. The first-order chi connectivity index (χ1) is 13.6. The van der Waals surface area contributed by atoms with Gasteiger partial charge in [-0.15, -0.1) is 0 Å². The van der Waals surface area contributed by atoms with E-state index >= 15 is 0 Å². The highest BCUT2D eigenvalue weighted by Crippen LogP contribution is 2.45. The minimum atomic E-state index is -0.354. The van der Waals surface area contributed by atoms with Crippen LogP contribution in [0.4, 0.5) is 0 Å². The van der Waals surface area contributed by atoms with E-state index in [-0.39, 0.29) is 11.9 Å². The lowest BCUT2D eigenvalue weighted by atomic mass is 9.95. The molecule has 1 aliphatic heterocycles. The smallest absolute Gasteiger partial charge is 0.272 e. The van der Waals surface area contributed by atoms with Crippen molar-refractivity contribution < 1.29 is 19.0 Å². The lowest BCUT2D eigenvalue weighted by Gasteiger charge is -2.24. The summed E-state index contributed by atoms with van der Waals surface area (Å²) in [5.41, 5.74) is 3.71. The van der Waals surface area contributed by atoms with Crippen molar-refractivity contribution in [3.63, 3.8) is 0 Å². The maximum absolute atomic E-state index is 12.9. The molecule has 0 aliphatic carbocycles. The van der Waals surface area contributed by atoms with Crippen LogP contribution in [-0.4, -0.2) is 49.4 Å². The van der Waals surface area contributed by atoms with E-state index in [0.29, 0.717) is 22.9 Å². The van der Waals surface area contributed by atoms with Gasteiger partial charge in [0.15, 0.2) is 0 Å². The minimum absolute atomic E-state index is 0.119. The van der Waals surface area contributed by atoms with Gasteiger partial charge in [0.2, 0.25) is 0 Å². The molecule has 0 bridgehead atoms. The fraction of sp³-hybridized carbons (Fsp3) is 0.238. The fourth-order valence-electron chi connectivity index (χ4n) is 3.67. The molecule has 1 aromatic heterocycles. The molecule has 0 fully saturated rings. The summed E-state index contributed by atoms with van der Waals surface area (Å²) in [5.74, 6) is 1.97. The van der Waals surface area contributed by atoms with Gasteiger partial charge in [0.05, 0.1) is 33.1 Å². The maximum Gasteiger partial charge on any atom is 0.272 e. The van der Waals surface area contributed by atoms with Crippen molar-refractivity contribution in [2.75, 3.05) is 28.4 Å². The number of hydrogen-bond donors (Lipinski definition) is 1. The third kappa shape index (κ3) is 2.67. The first-order valence-electron chi connectivity index (χ1n) is 8.80. The SMILES string of the molecule is COc1cccc(-c2n[nH]c3c2[C@H](c2cc(OC)ccc2OC)N(C)C3=O)c1. The summed E-state index contributed by atoms with van der Waals surface area (Å²) in [7, 11) is 6.62. The number of rotatable bonds is 5. The second-order valence-corrected chi connectivity index (χ2v) is 6.52. The molecular weight excluding hydrogens is 358 g/mol. The molecule has 28 heavy (non-hydrogen) atoms. The molecule has 0 spiro atoms. The standard InChI is InChI=1S/C21H21N3O4/c1-24-20(15-11-14(27-3)8-9-16(15)28-4)17-18(22-23-19(17)21(24)25)12-6-5-7-13(10-12)26-2/h5-11,20H,1-4H3,(H,22,23)/t20-/m0/s1. The van der Waals surface area contributed by atoms with Gasteiger partial charge in [0.25, 0.3) is 5.91 Å². The number of hydrogen-bond acceptors (Lipinski definition) is 5. The van der Waals surface area contributed by atoms with Gasteiger partial charge in [-0.05, 0) is 30.3 Å². The van der Waals surface area contributed by atoms with Gasteiger partial charge < -0.3 is 19.1 Å². The Labute approximate surface area is 162 Å². The van der Waals surface area contributed by atoms with Crippen LogP contribution in [-0.2, 0) is 0 Å². The Morgan fingerprint density at radius 3 is 2.46 bits per heavy atom. The van der Waals surface area contributed by atoms with Crippen LogP contribution in [0.3, 0.4) is 0 Å². The summed E-state index contributed by atoms with van der Waals surface area (Å²) in [4.78, 5) is 14.5. The zero-order valence-corrected chi connectivity index (χ0v) is 16.1. The molecule has 7 heteroatoms. The van der Waals surface area contributed by atoms with Crippen molar-refractivity contribution in [2.24, 2.45) is 0 Å². The Bertz CT molecular complexity index is 1040. The second-order valence-electron chi connectivity index (χ2n) is 6.52. The number of nitrogens with zero attached hydrogens (tertiary/aromatic N) is 2. The van der Waals surface area contributed by atoms with Gasteiger partial charge in [0.1, 0.15) is 22.9 Å². The van der Waals surface area contributed by atoms with E-state index in [0.717, 1.165) is 22.4 Å². The Morgan fingerprint density at radius 1 is 1.00 bits per heavy atom. The van der Waals surface area contributed by atoms with Crippen molar-refractivity contribution in [1.82, 2.24) is 15.1 Å². The first-order valence-corrected chi connectivity index (χ1v) is 8.80. The number of amides is 1. The summed E-state index contributed by atoms with van der Waals surface area (Å²) >= 11 is 0. The van der Waals surface area contributed by atoms with Crippen LogP contribution in [0, 0.1) is 0 Å². The molecule has 2 aromatic carbocycles. The Kier molecular flexibility index (Phi) is 4.43. The maximum atomic E-state index is 12.9. The van der Waals surface area contributed by atoms with Crippen LogP contribution in [0.15, 0.2) is 42.5 Å². The molecule has 1 atom stereocenters. The lowest BCUT2D eigenvalue weighted by Crippen LogP contribution is -2.25. The molecule has 0 radical (unpaired) electrons. The van der Waals surface area contributed by atoms with Crippen molar-refractivity contribution >= 4 is 5.91 Å². The van der Waals surface area contributed by atoms with Crippen LogP contribution in [0.2, 0.25) is 0 Å². The van der Waals surface area contributed by atoms with Crippen molar-refractivity contribution in [2.45, 2.75) is 6.04 Å². The molecule has 144 valence electrons. The van der Waals surface area contributed by atoms with E-state index in [1.54, 1.807) is 33.3 Å². The number of aromatic nitrogens is 2. The third-order valence-electron chi connectivity index (χ3n) is 5.07. The zero-order valence-electron chi connectivity index (χ0n) is 16.1. The van der Waals surface area contributed by atoms with Crippen molar-refractivity contribution in [3.05, 3.63) is 59.3 Å². The van der Waals surface area contributed by atoms with E-state index in [1.807, 2.05) is 42.5 Å². The Balaban J connectivity index is 1.92. The number of carbonyl (C=O) groups is 1. The van der Waals surface area contributed by atoms with Crippen LogP contribution in [0.1, 0.15) is 27.7 Å². The summed E-state index contributed by atoms with van der Waals surface area (Å²) in [6.07, 6.45) is 0. The number of carbonyl (C=O) groups excluding carboxylic acids is 1.